The molecule has 3 fully saturated rings. The Balaban J connectivity index is 1.49. The number of nitrogens with zero attached hydrogens (tertiary/aromatic N) is 1. The van der Waals surface area contributed by atoms with Crippen molar-refractivity contribution in [2.24, 2.45) is 5.92 Å². The van der Waals surface area contributed by atoms with Gasteiger partial charge in [0.2, 0.25) is 0 Å². The first kappa shape index (κ1) is 18.5. The van der Waals surface area contributed by atoms with Crippen molar-refractivity contribution in [2.75, 3.05) is 33.4 Å². The number of hydrogen-bond acceptors (Lipinski definition) is 3. The molecule has 2 aliphatic heterocycles. The third kappa shape index (κ3) is 3.72. The molecule has 144 valence electrons. The predicted octanol–water partition coefficient (Wildman–Crippen LogP) is 4.15. The second-order valence-electron chi connectivity index (χ2n) is 8.90. The van der Waals surface area contributed by atoms with Crippen LogP contribution in [0.5, 0.6) is 0 Å². The molecular weight excluding hydrogens is 320 g/mol. The molecule has 1 aromatic rings. The zero-order valence-electron chi connectivity index (χ0n) is 16.6. The minimum Gasteiger partial charge on any atom is -0.383 e. The maximum absolute atomic E-state index is 5.59. The Hall–Kier alpha value is -0.900. The van der Waals surface area contributed by atoms with Gasteiger partial charge in [0.1, 0.15) is 0 Å². The van der Waals surface area contributed by atoms with Crippen LogP contribution in [-0.2, 0) is 4.74 Å². The fourth-order valence-electron chi connectivity index (χ4n) is 5.73. The molecule has 1 N–H and O–H groups in total. The van der Waals surface area contributed by atoms with Crippen molar-refractivity contribution in [2.45, 2.75) is 69.4 Å². The van der Waals surface area contributed by atoms with Crippen molar-refractivity contribution in [3.63, 3.8) is 0 Å². The van der Waals surface area contributed by atoms with Crippen molar-refractivity contribution in [1.29, 1.82) is 0 Å². The standard InChI is InChI=1S/C23H36N2O/c1-17-6-5-7-20(14-17)18-8-10-19(11-9-18)23-21-15-24-12-3-4-13-25(21)22(23)16-26-2/h8-11,17,20-24H,3-7,12-16H2,1-2H3/t17?,20?,21-,22?,23-/m0/s1. The summed E-state index contributed by atoms with van der Waals surface area (Å²) in [6.45, 7) is 6.79. The summed E-state index contributed by atoms with van der Waals surface area (Å²) in [6.07, 6.45) is 8.15. The second kappa shape index (κ2) is 8.41. The van der Waals surface area contributed by atoms with Crippen LogP contribution >= 0.6 is 0 Å². The lowest BCUT2D eigenvalue weighted by molar-refractivity contribution is -0.0554. The number of fused-ring (bicyclic) bond motifs is 1. The molecule has 4 rings (SSSR count). The normalized spacial score (nSPS) is 35.8. The van der Waals surface area contributed by atoms with Gasteiger partial charge in [-0.3, -0.25) is 4.90 Å². The lowest BCUT2D eigenvalue weighted by Crippen LogP contribution is -2.67. The molecule has 0 bridgehead atoms. The van der Waals surface area contributed by atoms with Crippen molar-refractivity contribution >= 4 is 0 Å². The minimum atomic E-state index is 0.547. The Morgan fingerprint density at radius 1 is 1.08 bits per heavy atom. The van der Waals surface area contributed by atoms with Gasteiger partial charge in [-0.05, 0) is 61.7 Å². The molecule has 26 heavy (non-hydrogen) atoms. The maximum atomic E-state index is 5.59. The fraction of sp³-hybridized carbons (Fsp3) is 0.739. The van der Waals surface area contributed by atoms with Gasteiger partial charge in [-0.2, -0.15) is 0 Å². The zero-order chi connectivity index (χ0) is 17.9. The second-order valence-corrected chi connectivity index (χ2v) is 8.90. The van der Waals surface area contributed by atoms with Crippen LogP contribution in [-0.4, -0.2) is 50.3 Å². The molecule has 5 atom stereocenters. The first-order valence-corrected chi connectivity index (χ1v) is 10.8. The van der Waals surface area contributed by atoms with E-state index in [0.29, 0.717) is 18.0 Å². The fourth-order valence-corrected chi connectivity index (χ4v) is 5.73. The van der Waals surface area contributed by atoms with Gasteiger partial charge >= 0.3 is 0 Å². The van der Waals surface area contributed by atoms with Crippen LogP contribution in [0.25, 0.3) is 0 Å². The SMILES string of the molecule is COCC1[C@@H](c2ccc(C3CCCC(C)C3)cc2)[C@@H]2CNCCCCN12. The first-order valence-electron chi connectivity index (χ1n) is 10.8. The first-order chi connectivity index (χ1) is 12.8. The van der Waals surface area contributed by atoms with Crippen LogP contribution in [0.15, 0.2) is 24.3 Å². The zero-order valence-corrected chi connectivity index (χ0v) is 16.6. The van der Waals surface area contributed by atoms with E-state index in [2.05, 4.69) is 41.4 Å². The summed E-state index contributed by atoms with van der Waals surface area (Å²) >= 11 is 0. The number of nitrogens with one attached hydrogen (secondary N) is 1. The van der Waals surface area contributed by atoms with Gasteiger partial charge in [0, 0.05) is 31.7 Å². The van der Waals surface area contributed by atoms with E-state index in [1.165, 1.54) is 57.2 Å². The Bertz CT molecular complexity index is 566. The Morgan fingerprint density at radius 3 is 2.65 bits per heavy atom. The Kier molecular flexibility index (Phi) is 5.97. The highest BCUT2D eigenvalue weighted by molar-refractivity contribution is 5.33. The molecule has 0 aromatic heterocycles. The molecule has 3 aliphatic rings. The van der Waals surface area contributed by atoms with Crippen LogP contribution < -0.4 is 5.32 Å². The molecule has 1 saturated carbocycles. The van der Waals surface area contributed by atoms with Crippen molar-refractivity contribution in [3.8, 4) is 0 Å². The molecule has 2 saturated heterocycles. The smallest absolute Gasteiger partial charge is 0.0624 e. The highest BCUT2D eigenvalue weighted by Gasteiger charge is 2.48. The molecule has 2 heterocycles. The number of methoxy groups -OCH3 is 1. The summed E-state index contributed by atoms with van der Waals surface area (Å²) in [6, 6.07) is 10.9. The highest BCUT2D eigenvalue weighted by Crippen LogP contribution is 2.42. The van der Waals surface area contributed by atoms with Gasteiger partial charge in [-0.1, -0.05) is 44.0 Å². The molecule has 0 amide bonds. The lowest BCUT2D eigenvalue weighted by Gasteiger charge is -2.56. The third-order valence-electron chi connectivity index (χ3n) is 7.12. The van der Waals surface area contributed by atoms with E-state index in [4.69, 9.17) is 4.74 Å². The summed E-state index contributed by atoms with van der Waals surface area (Å²) < 4.78 is 5.59. The lowest BCUT2D eigenvalue weighted by atomic mass is 9.73. The molecule has 3 unspecified atom stereocenters. The van der Waals surface area contributed by atoms with Crippen LogP contribution in [0.2, 0.25) is 0 Å². The largest absolute Gasteiger partial charge is 0.383 e. The predicted molar refractivity (Wildman–Crippen MR) is 108 cm³/mol. The van der Waals surface area contributed by atoms with Gasteiger partial charge < -0.3 is 10.1 Å². The van der Waals surface area contributed by atoms with E-state index in [-0.39, 0.29) is 0 Å². The quantitative estimate of drug-likeness (QED) is 0.877. The summed E-state index contributed by atoms with van der Waals surface area (Å²) in [5.74, 6) is 2.28. The van der Waals surface area contributed by atoms with E-state index in [9.17, 15) is 0 Å². The van der Waals surface area contributed by atoms with Crippen molar-refractivity contribution < 1.29 is 4.74 Å². The molecular formula is C23H36N2O. The molecule has 1 aliphatic carbocycles. The topological polar surface area (TPSA) is 24.5 Å². The average molecular weight is 357 g/mol. The van der Waals surface area contributed by atoms with Crippen LogP contribution in [0.1, 0.15) is 68.4 Å². The van der Waals surface area contributed by atoms with Gasteiger partial charge in [0.25, 0.3) is 0 Å². The number of ether oxygens (including phenoxy) is 1. The van der Waals surface area contributed by atoms with Crippen LogP contribution in [0.3, 0.4) is 0 Å². The molecule has 0 radical (unpaired) electrons. The monoisotopic (exact) mass is 356 g/mol. The van der Waals surface area contributed by atoms with E-state index >= 15 is 0 Å². The van der Waals surface area contributed by atoms with Crippen LogP contribution in [0, 0.1) is 5.92 Å². The Morgan fingerprint density at radius 2 is 1.88 bits per heavy atom. The van der Waals surface area contributed by atoms with Gasteiger partial charge in [0.05, 0.1) is 6.61 Å². The van der Waals surface area contributed by atoms with E-state index in [1.54, 1.807) is 5.56 Å². The van der Waals surface area contributed by atoms with Gasteiger partial charge in [0.15, 0.2) is 0 Å². The minimum absolute atomic E-state index is 0.547. The average Bonchev–Trinajstić information content (AvgIpc) is 2.63. The van der Waals surface area contributed by atoms with Gasteiger partial charge in [-0.15, -0.1) is 0 Å². The summed E-state index contributed by atoms with van der Waals surface area (Å²) in [7, 11) is 1.85. The number of hydrogen-bond donors (Lipinski definition) is 1. The molecule has 3 heteroatoms. The summed E-state index contributed by atoms with van der Waals surface area (Å²) in [5, 5.41) is 3.67. The number of benzene rings is 1. The van der Waals surface area contributed by atoms with E-state index in [1.807, 2.05) is 7.11 Å². The summed E-state index contributed by atoms with van der Waals surface area (Å²) in [4.78, 5) is 2.69. The molecule has 0 spiro atoms. The van der Waals surface area contributed by atoms with E-state index < -0.39 is 0 Å². The van der Waals surface area contributed by atoms with E-state index in [0.717, 1.165) is 25.0 Å². The third-order valence-corrected chi connectivity index (χ3v) is 7.12. The Labute approximate surface area is 159 Å². The maximum Gasteiger partial charge on any atom is 0.0624 e. The molecule has 3 nitrogen and oxygen atoms in total. The summed E-state index contributed by atoms with van der Waals surface area (Å²) in [5.41, 5.74) is 3.08. The van der Waals surface area contributed by atoms with Crippen molar-refractivity contribution in [1.82, 2.24) is 10.2 Å². The highest BCUT2D eigenvalue weighted by atomic mass is 16.5. The van der Waals surface area contributed by atoms with Gasteiger partial charge in [-0.25, -0.2) is 0 Å². The van der Waals surface area contributed by atoms with Crippen LogP contribution in [0.4, 0.5) is 0 Å². The molecule has 1 aromatic carbocycles. The number of rotatable bonds is 4. The van der Waals surface area contributed by atoms with Crippen molar-refractivity contribution in [3.05, 3.63) is 35.4 Å².